The minimum Gasteiger partial charge on any atom is -0.380 e. The number of ether oxygens (including phenoxy) is 1. The maximum atomic E-state index is 5.82. The second kappa shape index (κ2) is 5.07. The number of aryl methyl sites for hydroxylation is 1. The second-order valence-electron chi connectivity index (χ2n) is 3.56. The lowest BCUT2D eigenvalue weighted by Crippen LogP contribution is -2.18. The van der Waals surface area contributed by atoms with Crippen LogP contribution in [-0.4, -0.2) is 28.5 Å². The van der Waals surface area contributed by atoms with Crippen molar-refractivity contribution in [3.05, 3.63) is 17.6 Å². The molecule has 1 atom stereocenters. The standard InChI is InChI=1S/C10H14N4O3/c1-3-15-5-7(11)9-12-10(17-14-9)8-4-6(2)13-16-8/h4,7H,3,5,11H2,1-2H3. The van der Waals surface area contributed by atoms with Crippen LogP contribution in [0.1, 0.15) is 24.5 Å². The Morgan fingerprint density at radius 2 is 2.24 bits per heavy atom. The molecule has 7 heteroatoms. The zero-order valence-electron chi connectivity index (χ0n) is 9.71. The highest BCUT2D eigenvalue weighted by atomic mass is 16.5. The Morgan fingerprint density at radius 1 is 1.41 bits per heavy atom. The molecule has 0 spiro atoms. The minimum absolute atomic E-state index is 0.271. The van der Waals surface area contributed by atoms with E-state index >= 15 is 0 Å². The quantitative estimate of drug-likeness (QED) is 0.831. The van der Waals surface area contributed by atoms with Gasteiger partial charge < -0.3 is 19.5 Å². The first-order valence-corrected chi connectivity index (χ1v) is 5.31. The van der Waals surface area contributed by atoms with Crippen molar-refractivity contribution in [2.75, 3.05) is 13.2 Å². The summed E-state index contributed by atoms with van der Waals surface area (Å²) in [6.07, 6.45) is 0. The molecular formula is C10H14N4O3. The fourth-order valence-corrected chi connectivity index (χ4v) is 1.27. The molecule has 0 aromatic carbocycles. The van der Waals surface area contributed by atoms with Crippen molar-refractivity contribution < 1.29 is 13.8 Å². The van der Waals surface area contributed by atoms with Gasteiger partial charge in [0.25, 0.3) is 5.89 Å². The highest BCUT2D eigenvalue weighted by molar-refractivity contribution is 5.43. The summed E-state index contributed by atoms with van der Waals surface area (Å²) in [6.45, 7) is 4.65. The number of aromatic nitrogens is 3. The molecule has 0 saturated carbocycles. The summed E-state index contributed by atoms with van der Waals surface area (Å²) >= 11 is 0. The van der Waals surface area contributed by atoms with E-state index in [4.69, 9.17) is 19.5 Å². The maximum absolute atomic E-state index is 5.82. The molecule has 1 unspecified atom stereocenters. The van der Waals surface area contributed by atoms with Gasteiger partial charge in [0.15, 0.2) is 5.82 Å². The van der Waals surface area contributed by atoms with Gasteiger partial charge in [0.05, 0.1) is 18.3 Å². The Balaban J connectivity index is 2.10. The van der Waals surface area contributed by atoms with Crippen LogP contribution in [0.2, 0.25) is 0 Å². The van der Waals surface area contributed by atoms with E-state index in [-0.39, 0.29) is 5.89 Å². The zero-order chi connectivity index (χ0) is 12.3. The predicted molar refractivity (Wildman–Crippen MR) is 58.0 cm³/mol. The molecule has 0 fully saturated rings. The van der Waals surface area contributed by atoms with Gasteiger partial charge in [0.1, 0.15) is 0 Å². The van der Waals surface area contributed by atoms with Crippen LogP contribution in [0.15, 0.2) is 15.1 Å². The molecule has 0 aliphatic heterocycles. The lowest BCUT2D eigenvalue weighted by molar-refractivity contribution is 0.130. The van der Waals surface area contributed by atoms with Crippen molar-refractivity contribution in [1.29, 1.82) is 0 Å². The molecule has 2 aromatic rings. The Kier molecular flexibility index (Phi) is 3.50. The van der Waals surface area contributed by atoms with Gasteiger partial charge in [-0.15, -0.1) is 0 Å². The van der Waals surface area contributed by atoms with Gasteiger partial charge in [-0.25, -0.2) is 0 Å². The van der Waals surface area contributed by atoms with Gasteiger partial charge in [-0.2, -0.15) is 4.98 Å². The van der Waals surface area contributed by atoms with Gasteiger partial charge >= 0.3 is 0 Å². The molecule has 2 N–H and O–H groups in total. The Morgan fingerprint density at radius 3 is 2.88 bits per heavy atom. The molecular weight excluding hydrogens is 224 g/mol. The van der Waals surface area contributed by atoms with Gasteiger partial charge in [-0.05, 0) is 13.8 Å². The number of hydrogen-bond acceptors (Lipinski definition) is 7. The largest absolute Gasteiger partial charge is 0.380 e. The number of rotatable bonds is 5. The van der Waals surface area contributed by atoms with E-state index in [9.17, 15) is 0 Å². The highest BCUT2D eigenvalue weighted by Gasteiger charge is 2.17. The summed E-state index contributed by atoms with van der Waals surface area (Å²) in [5.41, 5.74) is 6.57. The third kappa shape index (κ3) is 2.69. The van der Waals surface area contributed by atoms with E-state index in [1.807, 2.05) is 13.8 Å². The molecule has 0 bridgehead atoms. The first kappa shape index (κ1) is 11.7. The fourth-order valence-electron chi connectivity index (χ4n) is 1.27. The van der Waals surface area contributed by atoms with Crippen LogP contribution in [0, 0.1) is 6.92 Å². The summed E-state index contributed by atoms with van der Waals surface area (Å²) < 4.78 is 15.2. The Labute approximate surface area is 97.9 Å². The molecule has 17 heavy (non-hydrogen) atoms. The zero-order valence-corrected chi connectivity index (χ0v) is 9.71. The topological polar surface area (TPSA) is 100 Å². The maximum Gasteiger partial charge on any atom is 0.296 e. The molecule has 0 amide bonds. The van der Waals surface area contributed by atoms with Gasteiger partial charge in [-0.3, -0.25) is 0 Å². The molecule has 2 rings (SSSR count). The van der Waals surface area contributed by atoms with Crippen molar-refractivity contribution in [1.82, 2.24) is 15.3 Å². The first-order valence-electron chi connectivity index (χ1n) is 5.31. The van der Waals surface area contributed by atoms with Crippen molar-refractivity contribution in [3.8, 4) is 11.7 Å². The molecule has 0 radical (unpaired) electrons. The highest BCUT2D eigenvalue weighted by Crippen LogP contribution is 2.19. The molecule has 2 aromatic heterocycles. The molecule has 0 saturated heterocycles. The third-order valence-corrected chi connectivity index (χ3v) is 2.11. The van der Waals surface area contributed by atoms with Crippen LogP contribution in [0.25, 0.3) is 11.7 Å². The summed E-state index contributed by atoms with van der Waals surface area (Å²) in [5, 5.41) is 7.51. The van der Waals surface area contributed by atoms with E-state index in [0.29, 0.717) is 24.8 Å². The lowest BCUT2D eigenvalue weighted by Gasteiger charge is -2.05. The lowest BCUT2D eigenvalue weighted by atomic mass is 10.3. The summed E-state index contributed by atoms with van der Waals surface area (Å²) in [6, 6.07) is 1.31. The van der Waals surface area contributed by atoms with E-state index in [1.165, 1.54) is 0 Å². The number of nitrogens with zero attached hydrogens (tertiary/aromatic N) is 3. The van der Waals surface area contributed by atoms with E-state index in [0.717, 1.165) is 5.69 Å². The van der Waals surface area contributed by atoms with Crippen molar-refractivity contribution in [2.45, 2.75) is 19.9 Å². The van der Waals surface area contributed by atoms with Crippen LogP contribution in [0.3, 0.4) is 0 Å². The van der Waals surface area contributed by atoms with Crippen LogP contribution in [-0.2, 0) is 4.74 Å². The fraction of sp³-hybridized carbons (Fsp3) is 0.500. The summed E-state index contributed by atoms with van der Waals surface area (Å²) in [5.74, 6) is 1.10. The first-order chi connectivity index (χ1) is 8.20. The predicted octanol–water partition coefficient (Wildman–Crippen LogP) is 1.07. The van der Waals surface area contributed by atoms with Crippen LogP contribution in [0.5, 0.6) is 0 Å². The molecule has 92 valence electrons. The summed E-state index contributed by atoms with van der Waals surface area (Å²) in [4.78, 5) is 4.13. The van der Waals surface area contributed by atoms with E-state index < -0.39 is 6.04 Å². The van der Waals surface area contributed by atoms with Crippen molar-refractivity contribution in [3.63, 3.8) is 0 Å². The smallest absolute Gasteiger partial charge is 0.296 e. The van der Waals surface area contributed by atoms with E-state index in [2.05, 4.69) is 15.3 Å². The van der Waals surface area contributed by atoms with Gasteiger partial charge in [0, 0.05) is 12.7 Å². The van der Waals surface area contributed by atoms with Crippen molar-refractivity contribution in [2.24, 2.45) is 5.73 Å². The summed E-state index contributed by atoms with van der Waals surface area (Å²) in [7, 11) is 0. The minimum atomic E-state index is -0.406. The molecule has 7 nitrogen and oxygen atoms in total. The van der Waals surface area contributed by atoms with Crippen LogP contribution >= 0.6 is 0 Å². The Hall–Kier alpha value is -1.73. The second-order valence-corrected chi connectivity index (χ2v) is 3.56. The van der Waals surface area contributed by atoms with Gasteiger partial charge in [-0.1, -0.05) is 10.3 Å². The van der Waals surface area contributed by atoms with Crippen molar-refractivity contribution >= 4 is 0 Å². The Bertz CT molecular complexity index is 479. The average Bonchev–Trinajstić information content (AvgIpc) is 2.93. The van der Waals surface area contributed by atoms with Gasteiger partial charge in [0.2, 0.25) is 5.76 Å². The van der Waals surface area contributed by atoms with E-state index in [1.54, 1.807) is 6.07 Å². The monoisotopic (exact) mass is 238 g/mol. The number of nitrogens with two attached hydrogens (primary N) is 1. The third-order valence-electron chi connectivity index (χ3n) is 2.11. The average molecular weight is 238 g/mol. The molecule has 0 aliphatic carbocycles. The normalized spacial score (nSPS) is 12.9. The number of hydrogen-bond donors (Lipinski definition) is 1. The SMILES string of the molecule is CCOCC(N)c1noc(-c2cc(C)no2)n1. The van der Waals surface area contributed by atoms with Crippen LogP contribution < -0.4 is 5.73 Å². The van der Waals surface area contributed by atoms with Crippen LogP contribution in [0.4, 0.5) is 0 Å². The molecule has 2 heterocycles. The molecule has 0 aliphatic rings.